The number of hydrogen-bond donors (Lipinski definition) is 1. The van der Waals surface area contributed by atoms with Crippen molar-refractivity contribution in [2.75, 3.05) is 18.0 Å². The number of carbonyl (C=O) groups excluding carboxylic acids is 1. The van der Waals surface area contributed by atoms with Crippen molar-refractivity contribution in [2.24, 2.45) is 5.73 Å². The predicted octanol–water partition coefficient (Wildman–Crippen LogP) is 1.93. The maximum atomic E-state index is 13.9. The molecule has 0 fully saturated rings. The predicted molar refractivity (Wildman–Crippen MR) is 67.4 cm³/mol. The van der Waals surface area contributed by atoms with Crippen LogP contribution < -0.4 is 10.6 Å². The summed E-state index contributed by atoms with van der Waals surface area (Å²) in [6, 6.07) is 4.04. The number of benzene rings is 1. The van der Waals surface area contributed by atoms with Gasteiger partial charge >= 0.3 is 0 Å². The van der Waals surface area contributed by atoms with Crippen molar-refractivity contribution in [3.8, 4) is 6.07 Å². The van der Waals surface area contributed by atoms with Gasteiger partial charge in [-0.3, -0.25) is 4.79 Å². The molecular weight excluding hydrogens is 252 g/mol. The van der Waals surface area contributed by atoms with E-state index in [1.165, 1.54) is 17.0 Å². The van der Waals surface area contributed by atoms with E-state index in [0.29, 0.717) is 13.0 Å². The monoisotopic (exact) mass is 267 g/mol. The average Bonchev–Trinajstić information content (AvgIpc) is 2.37. The molecule has 0 radical (unpaired) electrons. The molecular formula is C13H15F2N3O. The van der Waals surface area contributed by atoms with Gasteiger partial charge in [-0.25, -0.2) is 8.78 Å². The first-order chi connectivity index (χ1) is 9.01. The average molecular weight is 267 g/mol. The Morgan fingerprint density at radius 3 is 2.63 bits per heavy atom. The van der Waals surface area contributed by atoms with Crippen LogP contribution in [0.15, 0.2) is 12.1 Å². The summed E-state index contributed by atoms with van der Waals surface area (Å²) in [5.74, 6) is -2.96. The second kappa shape index (κ2) is 6.69. The summed E-state index contributed by atoms with van der Waals surface area (Å²) in [4.78, 5) is 12.4. The topological polar surface area (TPSA) is 70.1 Å². The summed E-state index contributed by atoms with van der Waals surface area (Å²) < 4.78 is 27.4. The Hall–Kier alpha value is -2.16. The van der Waals surface area contributed by atoms with Gasteiger partial charge in [-0.2, -0.15) is 5.26 Å². The third-order valence-corrected chi connectivity index (χ3v) is 2.65. The van der Waals surface area contributed by atoms with Crippen LogP contribution in [0.4, 0.5) is 14.5 Å². The van der Waals surface area contributed by atoms with Crippen LogP contribution in [0.25, 0.3) is 0 Å². The first kappa shape index (κ1) is 14.9. The third kappa shape index (κ3) is 3.65. The van der Waals surface area contributed by atoms with Crippen molar-refractivity contribution in [1.29, 1.82) is 5.26 Å². The summed E-state index contributed by atoms with van der Waals surface area (Å²) in [5.41, 5.74) is 4.68. The number of primary amides is 1. The van der Waals surface area contributed by atoms with Gasteiger partial charge in [-0.15, -0.1) is 0 Å². The lowest BCUT2D eigenvalue weighted by molar-refractivity contribution is -0.116. The minimum atomic E-state index is -1.20. The highest BCUT2D eigenvalue weighted by atomic mass is 19.2. The number of halogens is 2. The van der Waals surface area contributed by atoms with E-state index in [9.17, 15) is 13.6 Å². The minimum absolute atomic E-state index is 0.0521. The zero-order valence-corrected chi connectivity index (χ0v) is 10.6. The lowest BCUT2D eigenvalue weighted by atomic mass is 10.1. The molecule has 1 rings (SSSR count). The lowest BCUT2D eigenvalue weighted by Crippen LogP contribution is -2.35. The van der Waals surface area contributed by atoms with E-state index in [1.54, 1.807) is 6.07 Å². The SMILES string of the molecule is CCCCN(CC(N)=O)c1ccc(C#N)c(F)c1F. The van der Waals surface area contributed by atoms with E-state index in [2.05, 4.69) is 0 Å². The maximum absolute atomic E-state index is 13.9. The largest absolute Gasteiger partial charge is 0.368 e. The summed E-state index contributed by atoms with van der Waals surface area (Å²) in [6.07, 6.45) is 1.56. The molecule has 4 nitrogen and oxygen atoms in total. The van der Waals surface area contributed by atoms with E-state index in [-0.39, 0.29) is 17.8 Å². The second-order valence-corrected chi connectivity index (χ2v) is 4.11. The van der Waals surface area contributed by atoms with E-state index in [4.69, 9.17) is 11.0 Å². The summed E-state index contributed by atoms with van der Waals surface area (Å²) in [6.45, 7) is 2.14. The van der Waals surface area contributed by atoms with E-state index in [0.717, 1.165) is 6.42 Å². The van der Waals surface area contributed by atoms with Crippen molar-refractivity contribution in [2.45, 2.75) is 19.8 Å². The molecule has 1 amide bonds. The molecule has 0 saturated carbocycles. The third-order valence-electron chi connectivity index (χ3n) is 2.65. The Bertz CT molecular complexity index is 511. The number of nitrogens with two attached hydrogens (primary N) is 1. The second-order valence-electron chi connectivity index (χ2n) is 4.11. The lowest BCUT2D eigenvalue weighted by Gasteiger charge is -2.23. The summed E-state index contributed by atoms with van der Waals surface area (Å²) in [5, 5.41) is 8.61. The Balaban J connectivity index is 3.12. The molecule has 0 aliphatic carbocycles. The zero-order valence-electron chi connectivity index (χ0n) is 10.6. The maximum Gasteiger partial charge on any atom is 0.236 e. The standard InChI is InChI=1S/C13H15F2N3O/c1-2-3-6-18(8-11(17)19)10-5-4-9(7-16)12(14)13(10)15/h4-5H,2-3,6,8H2,1H3,(H2,17,19). The van der Waals surface area contributed by atoms with Gasteiger partial charge in [0, 0.05) is 6.54 Å². The van der Waals surface area contributed by atoms with E-state index >= 15 is 0 Å². The Morgan fingerprint density at radius 2 is 2.11 bits per heavy atom. The fourth-order valence-corrected chi connectivity index (χ4v) is 1.69. The van der Waals surface area contributed by atoms with Crippen LogP contribution in [0.2, 0.25) is 0 Å². The molecule has 0 saturated heterocycles. The van der Waals surface area contributed by atoms with Gasteiger partial charge in [0.2, 0.25) is 5.91 Å². The van der Waals surface area contributed by atoms with Crippen LogP contribution in [-0.4, -0.2) is 19.0 Å². The highest BCUT2D eigenvalue weighted by molar-refractivity contribution is 5.79. The van der Waals surface area contributed by atoms with E-state index < -0.39 is 17.5 Å². The fraction of sp³-hybridized carbons (Fsp3) is 0.385. The number of hydrogen-bond acceptors (Lipinski definition) is 3. The molecule has 0 atom stereocenters. The number of unbranched alkanes of at least 4 members (excludes halogenated alkanes) is 1. The number of nitriles is 1. The first-order valence-corrected chi connectivity index (χ1v) is 5.92. The molecule has 1 aromatic rings. The van der Waals surface area contributed by atoms with Gasteiger partial charge in [0.1, 0.15) is 6.07 Å². The molecule has 0 aliphatic rings. The quantitative estimate of drug-likeness (QED) is 0.856. The highest BCUT2D eigenvalue weighted by Gasteiger charge is 2.19. The molecule has 2 N–H and O–H groups in total. The number of anilines is 1. The molecule has 102 valence electrons. The van der Waals surface area contributed by atoms with Crippen LogP contribution >= 0.6 is 0 Å². The summed E-state index contributed by atoms with van der Waals surface area (Å²) >= 11 is 0. The molecule has 1 aromatic carbocycles. The highest BCUT2D eigenvalue weighted by Crippen LogP contribution is 2.24. The van der Waals surface area contributed by atoms with Gasteiger partial charge in [0.15, 0.2) is 11.6 Å². The molecule has 0 unspecified atom stereocenters. The van der Waals surface area contributed by atoms with Crippen LogP contribution in [0.5, 0.6) is 0 Å². The fourth-order valence-electron chi connectivity index (χ4n) is 1.69. The molecule has 6 heteroatoms. The Morgan fingerprint density at radius 1 is 1.42 bits per heavy atom. The molecule has 0 aromatic heterocycles. The van der Waals surface area contributed by atoms with Gasteiger partial charge in [-0.05, 0) is 18.6 Å². The number of amides is 1. The van der Waals surface area contributed by atoms with Crippen molar-refractivity contribution in [3.05, 3.63) is 29.3 Å². The Labute approximate surface area is 110 Å². The van der Waals surface area contributed by atoms with Gasteiger partial charge in [-0.1, -0.05) is 13.3 Å². The van der Waals surface area contributed by atoms with Gasteiger partial charge in [0.25, 0.3) is 0 Å². The molecule has 19 heavy (non-hydrogen) atoms. The normalized spacial score (nSPS) is 10.0. The van der Waals surface area contributed by atoms with Gasteiger partial charge in [0.05, 0.1) is 17.8 Å². The number of nitrogens with zero attached hydrogens (tertiary/aromatic N) is 2. The van der Waals surface area contributed by atoms with Crippen molar-refractivity contribution >= 4 is 11.6 Å². The molecule has 0 heterocycles. The van der Waals surface area contributed by atoms with Crippen LogP contribution in [-0.2, 0) is 4.79 Å². The van der Waals surface area contributed by atoms with Crippen LogP contribution in [0.1, 0.15) is 25.3 Å². The number of carbonyl (C=O) groups is 1. The van der Waals surface area contributed by atoms with Gasteiger partial charge < -0.3 is 10.6 Å². The zero-order chi connectivity index (χ0) is 14.4. The first-order valence-electron chi connectivity index (χ1n) is 5.92. The van der Waals surface area contributed by atoms with Crippen LogP contribution in [0.3, 0.4) is 0 Å². The Kier molecular flexibility index (Phi) is 5.24. The summed E-state index contributed by atoms with van der Waals surface area (Å²) in [7, 11) is 0. The smallest absolute Gasteiger partial charge is 0.236 e. The molecule has 0 aliphatic heterocycles. The van der Waals surface area contributed by atoms with Crippen LogP contribution in [0, 0.1) is 23.0 Å². The van der Waals surface area contributed by atoms with Crippen molar-refractivity contribution < 1.29 is 13.6 Å². The molecule has 0 bridgehead atoms. The van der Waals surface area contributed by atoms with Crippen molar-refractivity contribution in [1.82, 2.24) is 0 Å². The minimum Gasteiger partial charge on any atom is -0.368 e. The van der Waals surface area contributed by atoms with Crippen molar-refractivity contribution in [3.63, 3.8) is 0 Å². The van der Waals surface area contributed by atoms with E-state index in [1.807, 2.05) is 6.92 Å². The molecule has 0 spiro atoms. The number of rotatable bonds is 6.